The monoisotopic (exact) mass is 225 g/mol. The summed E-state index contributed by atoms with van der Waals surface area (Å²) >= 11 is 0. The van der Waals surface area contributed by atoms with Crippen LogP contribution in [0.25, 0.3) is 0 Å². The highest BCUT2D eigenvalue weighted by molar-refractivity contribution is 5.89. The van der Waals surface area contributed by atoms with Crippen LogP contribution in [0.4, 0.5) is 0 Å². The lowest BCUT2D eigenvalue weighted by molar-refractivity contribution is -0.156. The number of nitrogens with zero attached hydrogens (tertiary/aromatic N) is 1. The van der Waals surface area contributed by atoms with Crippen molar-refractivity contribution in [3.05, 3.63) is 0 Å². The molecule has 2 aliphatic rings. The summed E-state index contributed by atoms with van der Waals surface area (Å²) in [6.07, 6.45) is 3.51. The van der Waals surface area contributed by atoms with E-state index in [0.29, 0.717) is 11.8 Å². The standard InChI is InChI=1S/C12H19NO3/c1-12(2,11(15)16)13(3)10(14)9-7-5-4-6-8(7)9/h7-9H,4-6H2,1-3H3,(H,15,16). The predicted octanol–water partition coefficient (Wildman–Crippen LogP) is 1.35. The third-order valence-electron chi connectivity index (χ3n) is 4.38. The largest absolute Gasteiger partial charge is 0.480 e. The third-order valence-corrected chi connectivity index (χ3v) is 4.38. The minimum Gasteiger partial charge on any atom is -0.480 e. The molecule has 2 rings (SSSR count). The number of hydrogen-bond acceptors (Lipinski definition) is 2. The van der Waals surface area contributed by atoms with Crippen LogP contribution in [0, 0.1) is 17.8 Å². The van der Waals surface area contributed by atoms with Gasteiger partial charge in [0.25, 0.3) is 0 Å². The van der Waals surface area contributed by atoms with E-state index in [1.165, 1.54) is 11.3 Å². The van der Waals surface area contributed by atoms with Gasteiger partial charge < -0.3 is 10.0 Å². The second-order valence-electron chi connectivity index (χ2n) is 5.55. The number of carbonyl (C=O) groups is 2. The van der Waals surface area contributed by atoms with E-state index >= 15 is 0 Å². The Kier molecular flexibility index (Phi) is 2.48. The molecule has 2 fully saturated rings. The van der Waals surface area contributed by atoms with Gasteiger partial charge in [-0.25, -0.2) is 4.79 Å². The summed E-state index contributed by atoms with van der Waals surface area (Å²) < 4.78 is 0. The topological polar surface area (TPSA) is 57.6 Å². The summed E-state index contributed by atoms with van der Waals surface area (Å²) in [5.74, 6) is 0.257. The Labute approximate surface area is 95.6 Å². The number of hydrogen-bond donors (Lipinski definition) is 1. The maximum Gasteiger partial charge on any atom is 0.329 e. The van der Waals surface area contributed by atoms with E-state index in [4.69, 9.17) is 5.11 Å². The number of fused-ring (bicyclic) bond motifs is 1. The van der Waals surface area contributed by atoms with Gasteiger partial charge in [-0.05, 0) is 38.5 Å². The summed E-state index contributed by atoms with van der Waals surface area (Å²) in [4.78, 5) is 24.6. The molecule has 0 bridgehead atoms. The first kappa shape index (κ1) is 11.4. The summed E-state index contributed by atoms with van der Waals surface area (Å²) in [5, 5.41) is 9.07. The first-order chi connectivity index (χ1) is 7.37. The highest BCUT2D eigenvalue weighted by Gasteiger charge is 2.58. The molecule has 0 aromatic rings. The van der Waals surface area contributed by atoms with Gasteiger partial charge in [0.2, 0.25) is 5.91 Å². The van der Waals surface area contributed by atoms with Crippen molar-refractivity contribution < 1.29 is 14.7 Å². The highest BCUT2D eigenvalue weighted by Crippen LogP contribution is 2.58. The van der Waals surface area contributed by atoms with Crippen molar-refractivity contribution in [1.29, 1.82) is 0 Å². The van der Waals surface area contributed by atoms with Gasteiger partial charge in [-0.3, -0.25) is 4.79 Å². The van der Waals surface area contributed by atoms with Gasteiger partial charge in [-0.2, -0.15) is 0 Å². The summed E-state index contributed by atoms with van der Waals surface area (Å²) in [6, 6.07) is 0. The lowest BCUT2D eigenvalue weighted by Crippen LogP contribution is -2.51. The fraction of sp³-hybridized carbons (Fsp3) is 0.833. The maximum absolute atomic E-state index is 12.1. The van der Waals surface area contributed by atoms with Crippen LogP contribution < -0.4 is 0 Å². The molecule has 16 heavy (non-hydrogen) atoms. The van der Waals surface area contributed by atoms with Crippen LogP contribution in [0.15, 0.2) is 0 Å². The second-order valence-corrected chi connectivity index (χ2v) is 5.55. The number of aliphatic carboxylic acids is 1. The molecule has 1 amide bonds. The molecule has 2 unspecified atom stereocenters. The lowest BCUT2D eigenvalue weighted by atomic mass is 10.0. The Morgan fingerprint density at radius 1 is 1.25 bits per heavy atom. The molecule has 0 spiro atoms. The molecule has 0 heterocycles. The van der Waals surface area contributed by atoms with Crippen LogP contribution in [-0.2, 0) is 9.59 Å². The minimum atomic E-state index is -1.10. The van der Waals surface area contributed by atoms with Crippen LogP contribution in [0.1, 0.15) is 33.1 Å². The lowest BCUT2D eigenvalue weighted by Gasteiger charge is -2.32. The molecule has 1 N–H and O–H groups in total. The Hall–Kier alpha value is -1.06. The minimum absolute atomic E-state index is 0.0158. The number of carboxylic acid groups (broad SMARTS) is 1. The molecular formula is C12H19NO3. The molecule has 4 heteroatoms. The first-order valence-electron chi connectivity index (χ1n) is 5.88. The van der Waals surface area contributed by atoms with Crippen LogP contribution in [0.5, 0.6) is 0 Å². The zero-order chi connectivity index (χ0) is 12.1. The van der Waals surface area contributed by atoms with Crippen LogP contribution >= 0.6 is 0 Å². The maximum atomic E-state index is 12.1. The fourth-order valence-corrected chi connectivity index (χ4v) is 2.83. The van der Waals surface area contributed by atoms with Gasteiger partial charge in [-0.1, -0.05) is 6.42 Å². The quantitative estimate of drug-likeness (QED) is 0.788. The molecule has 2 atom stereocenters. The van der Waals surface area contributed by atoms with Crippen molar-refractivity contribution in [2.24, 2.45) is 17.8 Å². The Balaban J connectivity index is 2.03. The van der Waals surface area contributed by atoms with Crippen LogP contribution in [0.2, 0.25) is 0 Å². The van der Waals surface area contributed by atoms with Crippen LogP contribution in [-0.4, -0.2) is 34.5 Å². The average Bonchev–Trinajstić information content (AvgIpc) is 2.69. The molecular weight excluding hydrogens is 206 g/mol. The van der Waals surface area contributed by atoms with Crippen molar-refractivity contribution >= 4 is 11.9 Å². The first-order valence-corrected chi connectivity index (χ1v) is 5.88. The van der Waals surface area contributed by atoms with Gasteiger partial charge in [-0.15, -0.1) is 0 Å². The third kappa shape index (κ3) is 1.51. The van der Waals surface area contributed by atoms with E-state index < -0.39 is 11.5 Å². The Morgan fingerprint density at radius 2 is 1.75 bits per heavy atom. The summed E-state index contributed by atoms with van der Waals surface area (Å²) in [5.41, 5.74) is -1.10. The van der Waals surface area contributed by atoms with Gasteiger partial charge in [0.1, 0.15) is 5.54 Å². The van der Waals surface area contributed by atoms with Crippen molar-refractivity contribution in [2.75, 3.05) is 7.05 Å². The molecule has 2 saturated carbocycles. The van der Waals surface area contributed by atoms with E-state index in [9.17, 15) is 9.59 Å². The molecule has 90 valence electrons. The normalized spacial score (nSPS) is 32.1. The zero-order valence-corrected chi connectivity index (χ0v) is 10.1. The average molecular weight is 225 g/mol. The molecule has 0 aromatic heterocycles. The SMILES string of the molecule is CN(C(=O)C1C2CCCC21)C(C)(C)C(=O)O. The smallest absolute Gasteiger partial charge is 0.329 e. The number of rotatable bonds is 3. The van der Waals surface area contributed by atoms with Gasteiger partial charge >= 0.3 is 5.97 Å². The predicted molar refractivity (Wildman–Crippen MR) is 58.8 cm³/mol. The second kappa shape index (κ2) is 3.47. The van der Waals surface area contributed by atoms with E-state index in [0.717, 1.165) is 12.8 Å². The number of carboxylic acids is 1. The molecule has 0 radical (unpaired) electrons. The summed E-state index contributed by atoms with van der Waals surface area (Å²) in [6.45, 7) is 3.15. The number of carbonyl (C=O) groups excluding carboxylic acids is 1. The fourth-order valence-electron chi connectivity index (χ4n) is 2.83. The number of likely N-dealkylation sites (N-methyl/N-ethyl adjacent to an activating group) is 1. The molecule has 2 aliphatic carbocycles. The van der Waals surface area contributed by atoms with Gasteiger partial charge in [0.05, 0.1) is 0 Å². The highest BCUT2D eigenvalue weighted by atomic mass is 16.4. The van der Waals surface area contributed by atoms with Crippen molar-refractivity contribution in [1.82, 2.24) is 4.90 Å². The van der Waals surface area contributed by atoms with E-state index in [-0.39, 0.29) is 11.8 Å². The molecule has 0 aliphatic heterocycles. The molecule has 0 saturated heterocycles. The van der Waals surface area contributed by atoms with E-state index in [2.05, 4.69) is 0 Å². The Morgan fingerprint density at radius 3 is 2.19 bits per heavy atom. The van der Waals surface area contributed by atoms with Crippen molar-refractivity contribution in [3.8, 4) is 0 Å². The zero-order valence-electron chi connectivity index (χ0n) is 10.1. The van der Waals surface area contributed by atoms with E-state index in [1.807, 2.05) is 0 Å². The van der Waals surface area contributed by atoms with Crippen LogP contribution in [0.3, 0.4) is 0 Å². The Bertz CT molecular complexity index is 327. The van der Waals surface area contributed by atoms with Crippen molar-refractivity contribution in [3.63, 3.8) is 0 Å². The van der Waals surface area contributed by atoms with E-state index in [1.54, 1.807) is 20.9 Å². The number of amides is 1. The molecule has 0 aromatic carbocycles. The van der Waals surface area contributed by atoms with Gasteiger partial charge in [0, 0.05) is 13.0 Å². The summed E-state index contributed by atoms with van der Waals surface area (Å²) in [7, 11) is 1.60. The molecule has 4 nitrogen and oxygen atoms in total. The van der Waals surface area contributed by atoms with Crippen molar-refractivity contribution in [2.45, 2.75) is 38.6 Å². The van der Waals surface area contributed by atoms with Gasteiger partial charge in [0.15, 0.2) is 0 Å².